The number of hydrogen-bond donors (Lipinski definition) is 1. The smallest absolute Gasteiger partial charge is 0.143 e. The van der Waals surface area contributed by atoms with Crippen LogP contribution in [0.4, 0.5) is 0 Å². The fourth-order valence-electron chi connectivity index (χ4n) is 7.56. The van der Waals surface area contributed by atoms with Gasteiger partial charge in [0, 0.05) is 32.8 Å². The average Bonchev–Trinajstić information content (AvgIpc) is 3.81. The molecule has 0 bridgehead atoms. The highest BCUT2D eigenvalue weighted by molar-refractivity contribution is 7.79. The average molecular weight is 716 g/mol. The van der Waals surface area contributed by atoms with E-state index in [0.717, 1.165) is 38.8 Å². The summed E-state index contributed by atoms with van der Waals surface area (Å²) in [6.45, 7) is 4.00. The van der Waals surface area contributed by atoms with E-state index in [0.29, 0.717) is 0 Å². The van der Waals surface area contributed by atoms with Crippen molar-refractivity contribution in [2.24, 2.45) is 0 Å². The zero-order valence-electron chi connectivity index (χ0n) is 30.7. The second kappa shape index (κ2) is 15.4. The number of hydrogen-bond acceptors (Lipinski definition) is 2. The topological polar surface area (TPSA) is 18.1 Å². The van der Waals surface area contributed by atoms with E-state index in [1.807, 2.05) is 26.0 Å². The van der Waals surface area contributed by atoms with E-state index in [2.05, 4.69) is 193 Å². The molecule has 0 radical (unpaired) electrons. The van der Waals surface area contributed by atoms with Crippen LogP contribution in [0.15, 0.2) is 192 Å². The van der Waals surface area contributed by atoms with Gasteiger partial charge in [0.15, 0.2) is 0 Å². The van der Waals surface area contributed by atoms with Gasteiger partial charge in [0.1, 0.15) is 11.2 Å². The zero-order chi connectivity index (χ0) is 37.0. The predicted molar refractivity (Wildman–Crippen MR) is 236 cm³/mol. The van der Waals surface area contributed by atoms with Crippen LogP contribution in [0.3, 0.4) is 0 Å². The van der Waals surface area contributed by atoms with Crippen molar-refractivity contribution >= 4 is 56.4 Å². The summed E-state index contributed by atoms with van der Waals surface area (Å²) >= 11 is 3.53. The molecule has 0 fully saturated rings. The summed E-state index contributed by atoms with van der Waals surface area (Å²) in [4.78, 5) is 0. The Hall–Kier alpha value is -6.29. The molecule has 0 aliphatic carbocycles. The highest BCUT2D eigenvalue weighted by Gasteiger charge is 2.16. The lowest BCUT2D eigenvalue weighted by molar-refractivity contribution is 0.670. The molecule has 2 aromatic heterocycles. The molecule has 0 saturated carbocycles. The second-order valence-electron chi connectivity index (χ2n) is 12.9. The molecule has 0 aliphatic rings. The summed E-state index contributed by atoms with van der Waals surface area (Å²) in [5.41, 5.74) is 14.9. The third-order valence-corrected chi connectivity index (χ3v) is 10.0. The van der Waals surface area contributed by atoms with E-state index in [1.165, 1.54) is 55.2 Å². The van der Waals surface area contributed by atoms with Gasteiger partial charge >= 0.3 is 0 Å². The summed E-state index contributed by atoms with van der Waals surface area (Å²) in [6, 6.07) is 67.4. The lowest BCUT2D eigenvalue weighted by Crippen LogP contribution is -1.94. The zero-order valence-corrected chi connectivity index (χ0v) is 31.6. The lowest BCUT2D eigenvalue weighted by atomic mass is 9.97. The standard InChI is InChI=1S/C48H31NO.C2H6.CH4S/c1-2-10-32(11-3-1)33-20-22-34(23-21-33)35-24-26-36(27-25-35)37-28-29-46-44(31-37)41-14-4-6-18-45(41)49(46)39-13-8-12-38(30-39)40-16-9-17-43-42-15-5-7-19-47(42)50-48(40)43;2*1-2/h1-31H;1-2H3;2H,1H3. The van der Waals surface area contributed by atoms with Crippen LogP contribution in [0.25, 0.3) is 93.9 Å². The van der Waals surface area contributed by atoms with E-state index in [4.69, 9.17) is 4.42 Å². The summed E-state index contributed by atoms with van der Waals surface area (Å²) < 4.78 is 8.80. The molecular formula is C51H41NOS. The molecule has 0 spiro atoms. The number of rotatable bonds is 5. The molecule has 2 heterocycles. The Morgan fingerprint density at radius 2 is 0.870 bits per heavy atom. The van der Waals surface area contributed by atoms with Crippen LogP contribution >= 0.6 is 12.6 Å². The largest absolute Gasteiger partial charge is 0.455 e. The van der Waals surface area contributed by atoms with E-state index in [1.54, 1.807) is 6.26 Å². The maximum atomic E-state index is 6.41. The highest BCUT2D eigenvalue weighted by atomic mass is 32.1. The lowest BCUT2D eigenvalue weighted by Gasteiger charge is -2.11. The first kappa shape index (κ1) is 34.8. The Morgan fingerprint density at radius 1 is 0.370 bits per heavy atom. The molecule has 54 heavy (non-hydrogen) atoms. The number of thiol groups is 1. The molecule has 0 saturated heterocycles. The van der Waals surface area contributed by atoms with E-state index in [-0.39, 0.29) is 0 Å². The minimum Gasteiger partial charge on any atom is -0.455 e. The summed E-state index contributed by atoms with van der Waals surface area (Å²) in [5, 5.41) is 4.76. The number of aromatic nitrogens is 1. The SMILES string of the molecule is CC.CS.c1ccc(-c2ccc(-c3ccc(-c4ccc5c(c4)c4ccccc4n5-c4cccc(-c5cccc6c5oc5ccccc56)c4)cc3)cc2)cc1. The van der Waals surface area contributed by atoms with Gasteiger partial charge in [-0.2, -0.15) is 12.6 Å². The Morgan fingerprint density at radius 3 is 1.57 bits per heavy atom. The molecule has 10 rings (SSSR count). The molecule has 0 aliphatic heterocycles. The first-order chi connectivity index (χ1) is 26.8. The van der Waals surface area contributed by atoms with E-state index < -0.39 is 0 Å². The Kier molecular flexibility index (Phi) is 9.89. The quantitative estimate of drug-likeness (QED) is 0.176. The number of benzene rings is 8. The van der Waals surface area contributed by atoms with Gasteiger partial charge in [0.2, 0.25) is 0 Å². The van der Waals surface area contributed by atoms with Gasteiger partial charge in [-0.05, 0) is 81.6 Å². The first-order valence-electron chi connectivity index (χ1n) is 18.5. The molecular weight excluding hydrogens is 675 g/mol. The fourth-order valence-corrected chi connectivity index (χ4v) is 7.56. The van der Waals surface area contributed by atoms with Crippen LogP contribution < -0.4 is 0 Å². The van der Waals surface area contributed by atoms with Gasteiger partial charge in [-0.15, -0.1) is 0 Å². The summed E-state index contributed by atoms with van der Waals surface area (Å²) in [5.74, 6) is 0. The third-order valence-electron chi connectivity index (χ3n) is 10.0. The molecule has 8 aromatic carbocycles. The minimum absolute atomic E-state index is 0.913. The second-order valence-corrected chi connectivity index (χ2v) is 12.9. The molecule has 10 aromatic rings. The predicted octanol–water partition coefficient (Wildman–Crippen LogP) is 14.9. The van der Waals surface area contributed by atoms with Crippen molar-refractivity contribution in [3.05, 3.63) is 188 Å². The molecule has 0 amide bonds. The minimum atomic E-state index is 0.913. The Balaban J connectivity index is 0.00000100. The molecule has 262 valence electrons. The van der Waals surface area contributed by atoms with E-state index in [9.17, 15) is 0 Å². The monoisotopic (exact) mass is 715 g/mol. The fraction of sp³-hybridized carbons (Fsp3) is 0.0588. The van der Waals surface area contributed by atoms with Gasteiger partial charge in [0.05, 0.1) is 11.0 Å². The van der Waals surface area contributed by atoms with Crippen molar-refractivity contribution in [2.45, 2.75) is 13.8 Å². The van der Waals surface area contributed by atoms with Crippen LogP contribution in [-0.2, 0) is 0 Å². The van der Waals surface area contributed by atoms with Crippen LogP contribution in [0.1, 0.15) is 13.8 Å². The molecule has 0 unspecified atom stereocenters. The first-order valence-corrected chi connectivity index (χ1v) is 19.4. The third kappa shape index (κ3) is 6.27. The van der Waals surface area contributed by atoms with Gasteiger partial charge in [-0.1, -0.05) is 166 Å². The van der Waals surface area contributed by atoms with Crippen molar-refractivity contribution in [3.8, 4) is 50.2 Å². The number of furan rings is 1. The van der Waals surface area contributed by atoms with Crippen molar-refractivity contribution in [2.75, 3.05) is 6.26 Å². The number of nitrogens with zero attached hydrogens (tertiary/aromatic N) is 1. The molecule has 3 heteroatoms. The van der Waals surface area contributed by atoms with Gasteiger partial charge < -0.3 is 8.98 Å². The van der Waals surface area contributed by atoms with Crippen molar-refractivity contribution < 1.29 is 4.42 Å². The maximum Gasteiger partial charge on any atom is 0.143 e. The van der Waals surface area contributed by atoms with Crippen LogP contribution in [-0.4, -0.2) is 10.8 Å². The molecule has 0 N–H and O–H groups in total. The van der Waals surface area contributed by atoms with Gasteiger partial charge in [0.25, 0.3) is 0 Å². The van der Waals surface area contributed by atoms with Crippen molar-refractivity contribution in [1.82, 2.24) is 4.57 Å². The van der Waals surface area contributed by atoms with Crippen LogP contribution in [0, 0.1) is 0 Å². The van der Waals surface area contributed by atoms with Gasteiger partial charge in [-0.25, -0.2) is 0 Å². The van der Waals surface area contributed by atoms with Crippen LogP contribution in [0.2, 0.25) is 0 Å². The van der Waals surface area contributed by atoms with Crippen molar-refractivity contribution in [3.63, 3.8) is 0 Å². The van der Waals surface area contributed by atoms with E-state index >= 15 is 0 Å². The normalized spacial score (nSPS) is 11.0. The Labute approximate surface area is 322 Å². The summed E-state index contributed by atoms with van der Waals surface area (Å²) in [6.07, 6.45) is 1.69. The molecule has 2 nitrogen and oxygen atoms in total. The number of fused-ring (bicyclic) bond motifs is 6. The number of para-hydroxylation sites is 3. The highest BCUT2D eigenvalue weighted by Crippen LogP contribution is 2.39. The molecule has 0 atom stereocenters. The summed E-state index contributed by atoms with van der Waals surface area (Å²) in [7, 11) is 0. The maximum absolute atomic E-state index is 6.41. The van der Waals surface area contributed by atoms with Crippen molar-refractivity contribution in [1.29, 1.82) is 0 Å². The van der Waals surface area contributed by atoms with Gasteiger partial charge in [-0.3, -0.25) is 0 Å². The Bertz CT molecular complexity index is 2840. The van der Waals surface area contributed by atoms with Crippen LogP contribution in [0.5, 0.6) is 0 Å².